The third kappa shape index (κ3) is 3.88. The molecule has 2 aliphatic rings. The summed E-state index contributed by atoms with van der Waals surface area (Å²) in [6, 6.07) is 12.6. The second kappa shape index (κ2) is 8.48. The topological polar surface area (TPSA) is 54.9 Å². The van der Waals surface area contributed by atoms with E-state index in [1.807, 2.05) is 23.1 Å². The zero-order valence-electron chi connectivity index (χ0n) is 18.0. The van der Waals surface area contributed by atoms with Crippen molar-refractivity contribution in [1.82, 2.24) is 14.8 Å². The van der Waals surface area contributed by atoms with Gasteiger partial charge >= 0.3 is 0 Å². The summed E-state index contributed by atoms with van der Waals surface area (Å²) < 4.78 is 12.1. The lowest BCUT2D eigenvalue weighted by atomic mass is 9.98. The van der Waals surface area contributed by atoms with Gasteiger partial charge in [0.25, 0.3) is 0 Å². The van der Waals surface area contributed by atoms with Crippen LogP contribution >= 0.6 is 11.3 Å². The number of para-hydroxylation sites is 1. The van der Waals surface area contributed by atoms with Crippen molar-refractivity contribution in [2.45, 2.75) is 31.8 Å². The Balaban J connectivity index is 1.30. The molecular weight excluding hydrogens is 410 g/mol. The lowest BCUT2D eigenvalue weighted by molar-refractivity contribution is -0.133. The Labute approximate surface area is 186 Å². The second-order valence-electron chi connectivity index (χ2n) is 8.19. The van der Waals surface area contributed by atoms with Crippen molar-refractivity contribution in [2.75, 3.05) is 33.9 Å². The molecule has 31 heavy (non-hydrogen) atoms. The zero-order valence-corrected chi connectivity index (χ0v) is 18.8. The molecule has 0 spiro atoms. The third-order valence-corrected chi connectivity index (χ3v) is 7.51. The van der Waals surface area contributed by atoms with Gasteiger partial charge in [0.05, 0.1) is 37.0 Å². The van der Waals surface area contributed by atoms with Gasteiger partial charge in [-0.05, 0) is 61.2 Å². The number of fused-ring (bicyclic) bond motifs is 2. The molecule has 162 valence electrons. The Kier molecular flexibility index (Phi) is 5.54. The minimum Gasteiger partial charge on any atom is -0.493 e. The first-order chi connectivity index (χ1) is 15.2. The molecule has 0 radical (unpaired) electrons. The van der Waals surface area contributed by atoms with Crippen molar-refractivity contribution in [3.05, 3.63) is 52.5 Å². The molecule has 1 unspecified atom stereocenters. The van der Waals surface area contributed by atoms with Crippen LogP contribution in [0.3, 0.4) is 0 Å². The van der Waals surface area contributed by atoms with Gasteiger partial charge in [-0.2, -0.15) is 0 Å². The summed E-state index contributed by atoms with van der Waals surface area (Å²) in [6.07, 6.45) is 3.00. The van der Waals surface area contributed by atoms with E-state index in [0.29, 0.717) is 18.8 Å². The number of ether oxygens (including phenoxy) is 2. The van der Waals surface area contributed by atoms with Crippen LogP contribution in [0.15, 0.2) is 36.4 Å². The van der Waals surface area contributed by atoms with Gasteiger partial charge in [-0.15, -0.1) is 11.3 Å². The Morgan fingerprint density at radius 3 is 2.68 bits per heavy atom. The molecule has 0 bridgehead atoms. The number of carbonyl (C=O) groups excluding carboxylic acids is 1. The molecule has 7 heteroatoms. The van der Waals surface area contributed by atoms with Crippen LogP contribution in [0.4, 0.5) is 0 Å². The Bertz CT molecular complexity index is 1080. The molecule has 1 fully saturated rings. The lowest BCUT2D eigenvalue weighted by Crippen LogP contribution is -2.42. The van der Waals surface area contributed by atoms with E-state index in [-0.39, 0.29) is 11.9 Å². The van der Waals surface area contributed by atoms with E-state index in [4.69, 9.17) is 14.5 Å². The molecule has 0 saturated carbocycles. The summed E-state index contributed by atoms with van der Waals surface area (Å²) in [5.41, 5.74) is 3.43. The highest BCUT2D eigenvalue weighted by atomic mass is 32.1. The fourth-order valence-corrected chi connectivity index (χ4v) is 5.83. The van der Waals surface area contributed by atoms with Crippen molar-refractivity contribution in [3.63, 3.8) is 0 Å². The molecule has 3 aromatic rings. The van der Waals surface area contributed by atoms with E-state index in [1.165, 1.54) is 10.3 Å². The van der Waals surface area contributed by atoms with Gasteiger partial charge in [0.1, 0.15) is 5.01 Å². The maximum Gasteiger partial charge on any atom is 0.237 e. The third-order valence-electron chi connectivity index (χ3n) is 6.37. The van der Waals surface area contributed by atoms with Gasteiger partial charge in [0.15, 0.2) is 11.5 Å². The highest BCUT2D eigenvalue weighted by Crippen LogP contribution is 2.37. The molecule has 0 N–H and O–H groups in total. The predicted molar refractivity (Wildman–Crippen MR) is 122 cm³/mol. The van der Waals surface area contributed by atoms with E-state index in [2.05, 4.69) is 23.1 Å². The van der Waals surface area contributed by atoms with Crippen LogP contribution < -0.4 is 9.47 Å². The Morgan fingerprint density at radius 2 is 1.90 bits per heavy atom. The molecule has 2 aliphatic heterocycles. The summed E-state index contributed by atoms with van der Waals surface area (Å²) >= 11 is 1.76. The molecule has 5 rings (SSSR count). The predicted octanol–water partition coefficient (Wildman–Crippen LogP) is 4.04. The number of aromatic nitrogens is 1. The number of rotatable bonds is 5. The van der Waals surface area contributed by atoms with E-state index in [0.717, 1.165) is 54.2 Å². The number of likely N-dealkylation sites (tertiary alicyclic amines) is 1. The average molecular weight is 438 g/mol. The number of hydrogen-bond donors (Lipinski definition) is 0. The Hall–Kier alpha value is -2.64. The summed E-state index contributed by atoms with van der Waals surface area (Å²) in [5, 5.41) is 1.13. The molecule has 6 nitrogen and oxygen atoms in total. The average Bonchev–Trinajstić information content (AvgIpc) is 3.44. The van der Waals surface area contributed by atoms with Crippen LogP contribution in [0.25, 0.3) is 10.2 Å². The van der Waals surface area contributed by atoms with Crippen molar-refractivity contribution in [2.24, 2.45) is 0 Å². The van der Waals surface area contributed by atoms with Crippen molar-refractivity contribution < 1.29 is 14.3 Å². The first kappa shape index (κ1) is 20.3. The second-order valence-corrected chi connectivity index (χ2v) is 9.25. The van der Waals surface area contributed by atoms with Crippen LogP contribution in [0.1, 0.15) is 35.0 Å². The molecule has 1 atom stereocenters. The van der Waals surface area contributed by atoms with Gasteiger partial charge in [-0.25, -0.2) is 4.98 Å². The van der Waals surface area contributed by atoms with Crippen LogP contribution in [-0.2, 0) is 17.8 Å². The van der Waals surface area contributed by atoms with Crippen LogP contribution in [0.2, 0.25) is 0 Å². The zero-order chi connectivity index (χ0) is 21.4. The van der Waals surface area contributed by atoms with E-state index >= 15 is 0 Å². The molecule has 1 aromatic heterocycles. The largest absolute Gasteiger partial charge is 0.493 e. The maximum atomic E-state index is 13.2. The number of thiazole rings is 1. The highest BCUT2D eigenvalue weighted by molar-refractivity contribution is 7.18. The number of benzene rings is 2. The van der Waals surface area contributed by atoms with Gasteiger partial charge in [0, 0.05) is 13.1 Å². The number of methoxy groups -OCH3 is 2. The summed E-state index contributed by atoms with van der Waals surface area (Å²) in [5.74, 6) is 1.65. The van der Waals surface area contributed by atoms with Crippen LogP contribution in [0, 0.1) is 0 Å². The maximum absolute atomic E-state index is 13.2. The first-order valence-corrected chi connectivity index (χ1v) is 11.6. The number of amides is 1. The number of hydrogen-bond acceptors (Lipinski definition) is 6. The van der Waals surface area contributed by atoms with Crippen molar-refractivity contribution in [3.8, 4) is 11.5 Å². The quantitative estimate of drug-likeness (QED) is 0.603. The monoisotopic (exact) mass is 437 g/mol. The molecule has 1 saturated heterocycles. The van der Waals surface area contributed by atoms with Gasteiger partial charge in [0.2, 0.25) is 5.91 Å². The smallest absolute Gasteiger partial charge is 0.237 e. The molecule has 3 heterocycles. The fraction of sp³-hybridized carbons (Fsp3) is 0.417. The van der Waals surface area contributed by atoms with Gasteiger partial charge in [-0.1, -0.05) is 12.1 Å². The van der Waals surface area contributed by atoms with E-state index in [1.54, 1.807) is 25.6 Å². The fourth-order valence-electron chi connectivity index (χ4n) is 4.70. The minimum absolute atomic E-state index is 0.188. The Morgan fingerprint density at radius 1 is 1.13 bits per heavy atom. The van der Waals surface area contributed by atoms with E-state index in [9.17, 15) is 4.79 Å². The number of nitrogens with zero attached hydrogens (tertiary/aromatic N) is 3. The van der Waals surface area contributed by atoms with Crippen LogP contribution in [0.5, 0.6) is 11.5 Å². The molecule has 1 amide bonds. The van der Waals surface area contributed by atoms with Crippen molar-refractivity contribution in [1.29, 1.82) is 0 Å². The normalized spacial score (nSPS) is 18.9. The van der Waals surface area contributed by atoms with Crippen LogP contribution in [-0.4, -0.2) is 54.5 Å². The van der Waals surface area contributed by atoms with Crippen molar-refractivity contribution >= 4 is 27.5 Å². The summed E-state index contributed by atoms with van der Waals surface area (Å²) in [4.78, 5) is 22.3. The van der Waals surface area contributed by atoms with E-state index < -0.39 is 0 Å². The molecule has 0 aliphatic carbocycles. The van der Waals surface area contributed by atoms with Gasteiger partial charge in [-0.3, -0.25) is 9.69 Å². The summed E-state index contributed by atoms with van der Waals surface area (Å²) in [7, 11) is 3.30. The number of carbonyl (C=O) groups is 1. The molecule has 2 aromatic carbocycles. The summed E-state index contributed by atoms with van der Waals surface area (Å²) in [6.45, 7) is 2.75. The minimum atomic E-state index is 0.188. The SMILES string of the molecule is COc1cc2c(cc1OC)CN(C(=O)CN1CCCC1c1nc3ccccc3s1)CC2. The molecular formula is C24H27N3O3S. The highest BCUT2D eigenvalue weighted by Gasteiger charge is 2.32. The van der Waals surface area contributed by atoms with Gasteiger partial charge < -0.3 is 14.4 Å². The standard InChI is InChI=1S/C24H27N3O3S/c1-29-20-12-16-9-11-27(14-17(16)13-21(20)30-2)23(28)15-26-10-5-7-19(26)24-25-18-6-3-4-8-22(18)31-24/h3-4,6,8,12-13,19H,5,7,9-11,14-15H2,1-2H3. The first-order valence-electron chi connectivity index (χ1n) is 10.8. The lowest BCUT2D eigenvalue weighted by Gasteiger charge is -2.32.